The third-order valence-electron chi connectivity index (χ3n) is 3.76. The fraction of sp³-hybridized carbons (Fsp3) is 0.389. The van der Waals surface area contributed by atoms with Crippen LogP contribution < -0.4 is 0 Å². The Labute approximate surface area is 131 Å². The lowest BCUT2D eigenvalue weighted by atomic mass is 10.0. The largest absolute Gasteiger partial charge is 0.344 e. The van der Waals surface area contributed by atoms with Crippen molar-refractivity contribution in [2.24, 2.45) is 4.99 Å². The number of thioether (sulfide) groups is 1. The molecule has 1 aliphatic rings. The molecule has 2 nitrogen and oxygen atoms in total. The van der Waals surface area contributed by atoms with Crippen LogP contribution in [0.25, 0.3) is 10.8 Å². The molecule has 2 aromatic carbocycles. The molecular weight excluding hydrogens is 276 g/mol. The van der Waals surface area contributed by atoms with E-state index in [-0.39, 0.29) is 0 Å². The van der Waals surface area contributed by atoms with Gasteiger partial charge < -0.3 is 4.90 Å². The molecule has 0 unspecified atom stereocenters. The number of aliphatic imine (C=N–C) groups is 1. The molecule has 3 heteroatoms. The lowest BCUT2D eigenvalue weighted by Crippen LogP contribution is -2.37. The van der Waals surface area contributed by atoms with Gasteiger partial charge in [-0.3, -0.25) is 4.99 Å². The highest BCUT2D eigenvalue weighted by molar-refractivity contribution is 8.14. The van der Waals surface area contributed by atoms with E-state index in [9.17, 15) is 0 Å². The van der Waals surface area contributed by atoms with Gasteiger partial charge >= 0.3 is 0 Å². The number of nitrogens with zero attached hydrogens (tertiary/aromatic N) is 2. The van der Waals surface area contributed by atoms with Crippen LogP contribution in [0.15, 0.2) is 46.3 Å². The van der Waals surface area contributed by atoms with Gasteiger partial charge in [-0.15, -0.1) is 0 Å². The van der Waals surface area contributed by atoms with Crippen molar-refractivity contribution in [3.63, 3.8) is 0 Å². The molecule has 0 aliphatic carbocycles. The highest BCUT2D eigenvalue weighted by Gasteiger charge is 2.25. The van der Waals surface area contributed by atoms with Gasteiger partial charge in [-0.2, -0.15) is 0 Å². The quantitative estimate of drug-likeness (QED) is 0.782. The fourth-order valence-electron chi connectivity index (χ4n) is 2.69. The predicted molar refractivity (Wildman–Crippen MR) is 93.1 cm³/mol. The third-order valence-corrected chi connectivity index (χ3v) is 4.89. The summed E-state index contributed by atoms with van der Waals surface area (Å²) >= 11 is 1.81. The Balaban J connectivity index is 2.12. The number of amidine groups is 1. The highest BCUT2D eigenvalue weighted by Crippen LogP contribution is 2.37. The molecule has 0 atom stereocenters. The summed E-state index contributed by atoms with van der Waals surface area (Å²) in [7, 11) is 0. The second kappa shape index (κ2) is 5.72. The molecule has 1 aliphatic heterocycles. The molecule has 1 heterocycles. The van der Waals surface area contributed by atoms with Crippen LogP contribution in [0.2, 0.25) is 0 Å². The Morgan fingerprint density at radius 3 is 2.52 bits per heavy atom. The molecule has 0 fully saturated rings. The SMILES string of the molecule is CC(C)N=C1Sc2ccc3ccccc3c2CN1C(C)C. The molecule has 0 saturated heterocycles. The first-order valence-electron chi connectivity index (χ1n) is 7.59. The van der Waals surface area contributed by atoms with Crippen molar-refractivity contribution in [1.29, 1.82) is 0 Å². The monoisotopic (exact) mass is 298 g/mol. The second-order valence-corrected chi connectivity index (χ2v) is 7.10. The van der Waals surface area contributed by atoms with E-state index in [0.717, 1.165) is 11.7 Å². The average Bonchev–Trinajstić information content (AvgIpc) is 2.45. The van der Waals surface area contributed by atoms with Gasteiger partial charge in [0.05, 0.1) is 0 Å². The molecular formula is C18H22N2S. The van der Waals surface area contributed by atoms with Gasteiger partial charge in [0, 0.05) is 23.5 Å². The van der Waals surface area contributed by atoms with Gasteiger partial charge in [0.2, 0.25) is 0 Å². The summed E-state index contributed by atoms with van der Waals surface area (Å²) in [5.74, 6) is 0. The summed E-state index contributed by atoms with van der Waals surface area (Å²) in [5, 5.41) is 3.85. The molecule has 2 aromatic rings. The van der Waals surface area contributed by atoms with Crippen LogP contribution in [-0.2, 0) is 6.54 Å². The van der Waals surface area contributed by atoms with E-state index in [0.29, 0.717) is 12.1 Å². The van der Waals surface area contributed by atoms with Crippen molar-refractivity contribution in [2.75, 3.05) is 0 Å². The Morgan fingerprint density at radius 2 is 1.81 bits per heavy atom. The number of fused-ring (bicyclic) bond motifs is 3. The van der Waals surface area contributed by atoms with Crippen molar-refractivity contribution in [3.05, 3.63) is 42.0 Å². The topological polar surface area (TPSA) is 15.6 Å². The Hall–Kier alpha value is -1.48. The number of benzene rings is 2. The zero-order valence-electron chi connectivity index (χ0n) is 13.1. The molecule has 110 valence electrons. The summed E-state index contributed by atoms with van der Waals surface area (Å²) in [4.78, 5) is 8.59. The van der Waals surface area contributed by atoms with E-state index in [4.69, 9.17) is 4.99 Å². The van der Waals surface area contributed by atoms with Crippen LogP contribution in [0.1, 0.15) is 33.3 Å². The van der Waals surface area contributed by atoms with Crippen LogP contribution in [-0.4, -0.2) is 22.2 Å². The third kappa shape index (κ3) is 2.80. The van der Waals surface area contributed by atoms with Gasteiger partial charge in [-0.1, -0.05) is 42.1 Å². The molecule has 0 N–H and O–H groups in total. The van der Waals surface area contributed by atoms with Gasteiger partial charge in [0.25, 0.3) is 0 Å². The van der Waals surface area contributed by atoms with E-state index in [1.807, 2.05) is 11.8 Å². The Kier molecular flexibility index (Phi) is 3.94. The zero-order valence-corrected chi connectivity index (χ0v) is 13.9. The minimum atomic E-state index is 0.329. The molecule has 0 spiro atoms. The first-order valence-corrected chi connectivity index (χ1v) is 8.41. The smallest absolute Gasteiger partial charge is 0.164 e. The average molecular weight is 298 g/mol. The lowest BCUT2D eigenvalue weighted by Gasteiger charge is -2.35. The van der Waals surface area contributed by atoms with Gasteiger partial charge in [-0.05, 0) is 50.1 Å². The number of rotatable bonds is 2. The molecule has 0 amide bonds. The molecule has 21 heavy (non-hydrogen) atoms. The summed E-state index contributed by atoms with van der Waals surface area (Å²) in [5.41, 5.74) is 1.44. The van der Waals surface area contributed by atoms with E-state index in [1.165, 1.54) is 21.2 Å². The first-order chi connectivity index (χ1) is 10.1. The predicted octanol–water partition coefficient (Wildman–Crippen LogP) is 4.92. The van der Waals surface area contributed by atoms with Crippen molar-refractivity contribution in [2.45, 2.75) is 51.2 Å². The molecule has 0 radical (unpaired) electrons. The molecule has 0 saturated carbocycles. The maximum absolute atomic E-state index is 4.82. The number of hydrogen-bond donors (Lipinski definition) is 0. The van der Waals surface area contributed by atoms with Crippen LogP contribution in [0.5, 0.6) is 0 Å². The lowest BCUT2D eigenvalue weighted by molar-refractivity contribution is 0.344. The summed E-state index contributed by atoms with van der Waals surface area (Å²) in [6, 6.07) is 13.9. The highest BCUT2D eigenvalue weighted by atomic mass is 32.2. The van der Waals surface area contributed by atoms with E-state index in [2.05, 4.69) is 69.0 Å². The van der Waals surface area contributed by atoms with Crippen LogP contribution >= 0.6 is 11.8 Å². The summed E-state index contributed by atoms with van der Waals surface area (Å²) < 4.78 is 0. The van der Waals surface area contributed by atoms with Crippen molar-refractivity contribution >= 4 is 27.7 Å². The van der Waals surface area contributed by atoms with Crippen LogP contribution in [0, 0.1) is 0 Å². The second-order valence-electron chi connectivity index (χ2n) is 6.09. The molecule has 0 bridgehead atoms. The van der Waals surface area contributed by atoms with Crippen molar-refractivity contribution < 1.29 is 0 Å². The molecule has 0 aromatic heterocycles. The minimum absolute atomic E-state index is 0.329. The molecule has 3 rings (SSSR count). The normalized spacial score (nSPS) is 17.0. The zero-order chi connectivity index (χ0) is 15.0. The van der Waals surface area contributed by atoms with Gasteiger partial charge in [-0.25, -0.2) is 0 Å². The van der Waals surface area contributed by atoms with Gasteiger partial charge in [0.1, 0.15) is 0 Å². The van der Waals surface area contributed by atoms with Crippen LogP contribution in [0.3, 0.4) is 0 Å². The van der Waals surface area contributed by atoms with Crippen LogP contribution in [0.4, 0.5) is 0 Å². The van der Waals surface area contributed by atoms with E-state index >= 15 is 0 Å². The van der Waals surface area contributed by atoms with E-state index < -0.39 is 0 Å². The van der Waals surface area contributed by atoms with Crippen molar-refractivity contribution in [3.8, 4) is 0 Å². The van der Waals surface area contributed by atoms with Gasteiger partial charge in [0.15, 0.2) is 5.17 Å². The Morgan fingerprint density at radius 1 is 1.05 bits per heavy atom. The maximum Gasteiger partial charge on any atom is 0.164 e. The van der Waals surface area contributed by atoms with Crippen molar-refractivity contribution in [1.82, 2.24) is 4.90 Å². The maximum atomic E-state index is 4.82. The standard InChI is InChI=1S/C18H22N2S/c1-12(2)19-18-20(13(3)4)11-16-15-8-6-5-7-14(15)9-10-17(16)21-18/h5-10,12-13H,11H2,1-4H3. The summed E-state index contributed by atoms with van der Waals surface area (Å²) in [6.45, 7) is 9.72. The van der Waals surface area contributed by atoms with E-state index in [1.54, 1.807) is 0 Å². The summed E-state index contributed by atoms with van der Waals surface area (Å²) in [6.07, 6.45) is 0. The fourth-order valence-corrected chi connectivity index (χ4v) is 3.98. The number of hydrogen-bond acceptors (Lipinski definition) is 2. The minimum Gasteiger partial charge on any atom is -0.344 e. The Bertz CT molecular complexity index is 689. The first kappa shape index (κ1) is 14.5.